The van der Waals surface area contributed by atoms with E-state index in [2.05, 4.69) is 0 Å². The van der Waals surface area contributed by atoms with Crippen LogP contribution in [0.15, 0.2) is 66.7 Å². The smallest absolute Gasteiger partial charge is 0.415 e. The minimum Gasteiger partial charge on any atom is -0.492 e. The Kier molecular flexibility index (Phi) is 12.7. The summed E-state index contributed by atoms with van der Waals surface area (Å²) in [5.74, 6) is 0.189. The first-order valence-electron chi connectivity index (χ1n) is 14.0. The standard InChI is InChI=1S/C33H41NO7/c1-5-39-31(32(35)36)22-27-12-14-29(15-13-27)40-19-17-34(16-9-18-38-23-28-10-7-6-8-11-28)33(37)41-30-21-25(3)24(2)20-26(30)4/h6-8,10-15,20-21,31H,5,9,16-19,22-23H2,1-4H3,(H,35,36). The van der Waals surface area contributed by atoms with Crippen molar-refractivity contribution in [2.24, 2.45) is 0 Å². The largest absolute Gasteiger partial charge is 0.492 e. The number of aliphatic carboxylic acids is 1. The van der Waals surface area contributed by atoms with Gasteiger partial charge in [0.05, 0.1) is 13.2 Å². The summed E-state index contributed by atoms with van der Waals surface area (Å²) >= 11 is 0. The Morgan fingerprint density at radius 3 is 2.24 bits per heavy atom. The molecule has 0 saturated carbocycles. The lowest BCUT2D eigenvalue weighted by molar-refractivity contribution is -0.149. The molecule has 41 heavy (non-hydrogen) atoms. The van der Waals surface area contributed by atoms with Crippen molar-refractivity contribution in [1.29, 1.82) is 0 Å². The predicted octanol–water partition coefficient (Wildman–Crippen LogP) is 6.13. The van der Waals surface area contributed by atoms with Gasteiger partial charge in [0.1, 0.15) is 18.1 Å². The SMILES string of the molecule is CCOC(Cc1ccc(OCCN(CCCOCc2ccccc2)C(=O)Oc2cc(C)c(C)cc2C)cc1)C(=O)O. The molecule has 1 atom stereocenters. The van der Waals surface area contributed by atoms with Gasteiger partial charge in [-0.05, 0) is 80.1 Å². The van der Waals surface area contributed by atoms with Gasteiger partial charge >= 0.3 is 12.1 Å². The van der Waals surface area contributed by atoms with E-state index in [0.29, 0.717) is 50.8 Å². The topological polar surface area (TPSA) is 94.5 Å². The van der Waals surface area contributed by atoms with Crippen LogP contribution in [0.4, 0.5) is 4.79 Å². The van der Waals surface area contributed by atoms with Crippen molar-refractivity contribution in [3.63, 3.8) is 0 Å². The van der Waals surface area contributed by atoms with Crippen LogP contribution in [-0.4, -0.2) is 61.1 Å². The molecule has 0 saturated heterocycles. The lowest BCUT2D eigenvalue weighted by Crippen LogP contribution is -2.38. The number of nitrogens with zero attached hydrogens (tertiary/aromatic N) is 1. The maximum absolute atomic E-state index is 13.2. The van der Waals surface area contributed by atoms with Gasteiger partial charge in [-0.2, -0.15) is 0 Å². The van der Waals surface area contributed by atoms with Gasteiger partial charge in [-0.15, -0.1) is 0 Å². The average Bonchev–Trinajstić information content (AvgIpc) is 2.95. The number of rotatable bonds is 16. The van der Waals surface area contributed by atoms with E-state index in [1.54, 1.807) is 24.0 Å². The molecular formula is C33H41NO7. The normalized spacial score (nSPS) is 11.6. The fraction of sp³-hybridized carbons (Fsp3) is 0.394. The predicted molar refractivity (Wildman–Crippen MR) is 158 cm³/mol. The van der Waals surface area contributed by atoms with Crippen LogP contribution in [0.1, 0.15) is 41.2 Å². The number of benzene rings is 3. The van der Waals surface area contributed by atoms with Crippen LogP contribution >= 0.6 is 0 Å². The Balaban J connectivity index is 1.56. The zero-order valence-electron chi connectivity index (χ0n) is 24.4. The van der Waals surface area contributed by atoms with E-state index >= 15 is 0 Å². The number of aryl methyl sites for hydroxylation is 3. The summed E-state index contributed by atoms with van der Waals surface area (Å²) < 4.78 is 22.8. The monoisotopic (exact) mass is 563 g/mol. The number of carbonyl (C=O) groups is 2. The first-order chi connectivity index (χ1) is 19.8. The fourth-order valence-corrected chi connectivity index (χ4v) is 4.25. The molecule has 0 aliphatic rings. The molecule has 0 fully saturated rings. The highest BCUT2D eigenvalue weighted by molar-refractivity contribution is 5.73. The molecule has 0 spiro atoms. The van der Waals surface area contributed by atoms with Crippen molar-refractivity contribution in [1.82, 2.24) is 4.90 Å². The summed E-state index contributed by atoms with van der Waals surface area (Å²) in [5, 5.41) is 9.31. The Labute approximate surface area is 242 Å². The summed E-state index contributed by atoms with van der Waals surface area (Å²) in [6.07, 6.45) is -0.404. The Morgan fingerprint density at radius 2 is 1.56 bits per heavy atom. The lowest BCUT2D eigenvalue weighted by atomic mass is 10.1. The molecule has 1 unspecified atom stereocenters. The molecule has 0 bridgehead atoms. The van der Waals surface area contributed by atoms with Crippen LogP contribution in [-0.2, 0) is 27.3 Å². The van der Waals surface area contributed by atoms with E-state index in [0.717, 1.165) is 27.8 Å². The van der Waals surface area contributed by atoms with Gasteiger partial charge in [-0.3, -0.25) is 0 Å². The van der Waals surface area contributed by atoms with Gasteiger partial charge < -0.3 is 29.0 Å². The summed E-state index contributed by atoms with van der Waals surface area (Å²) in [5.41, 5.74) is 5.04. The molecule has 1 amide bonds. The van der Waals surface area contributed by atoms with Crippen molar-refractivity contribution in [3.8, 4) is 11.5 Å². The third kappa shape index (κ3) is 10.6. The zero-order chi connectivity index (χ0) is 29.6. The van der Waals surface area contributed by atoms with Gasteiger partial charge in [-0.25, -0.2) is 9.59 Å². The van der Waals surface area contributed by atoms with E-state index < -0.39 is 18.2 Å². The number of hydrogen-bond donors (Lipinski definition) is 1. The van der Waals surface area contributed by atoms with Crippen LogP contribution in [0.5, 0.6) is 11.5 Å². The van der Waals surface area contributed by atoms with E-state index in [-0.39, 0.29) is 13.0 Å². The summed E-state index contributed by atoms with van der Waals surface area (Å²) in [6.45, 7) is 10.1. The van der Waals surface area contributed by atoms with Gasteiger partial charge in [-0.1, -0.05) is 48.5 Å². The molecule has 0 heterocycles. The van der Waals surface area contributed by atoms with Crippen LogP contribution in [0, 0.1) is 20.8 Å². The van der Waals surface area contributed by atoms with Crippen molar-refractivity contribution in [2.75, 3.05) is 32.9 Å². The molecular weight excluding hydrogens is 522 g/mol. The number of carbonyl (C=O) groups excluding carboxylic acids is 1. The van der Waals surface area contributed by atoms with Crippen molar-refractivity contribution in [2.45, 2.75) is 53.2 Å². The van der Waals surface area contributed by atoms with Gasteiger partial charge in [0, 0.05) is 26.2 Å². The number of carboxylic acids is 1. The van der Waals surface area contributed by atoms with Crippen molar-refractivity contribution in [3.05, 3.63) is 94.5 Å². The second-order valence-electron chi connectivity index (χ2n) is 9.93. The third-order valence-corrected chi connectivity index (χ3v) is 6.69. The molecule has 0 aliphatic carbocycles. The molecule has 8 nitrogen and oxygen atoms in total. The third-order valence-electron chi connectivity index (χ3n) is 6.69. The number of hydrogen-bond acceptors (Lipinski definition) is 6. The van der Waals surface area contributed by atoms with E-state index in [1.165, 1.54) is 0 Å². The Bertz CT molecular complexity index is 1240. The van der Waals surface area contributed by atoms with Gasteiger partial charge in [0.15, 0.2) is 6.10 Å². The highest BCUT2D eigenvalue weighted by atomic mass is 16.6. The highest BCUT2D eigenvalue weighted by Gasteiger charge is 2.19. The number of ether oxygens (including phenoxy) is 4. The van der Waals surface area contributed by atoms with E-state index in [4.69, 9.17) is 18.9 Å². The van der Waals surface area contributed by atoms with Crippen LogP contribution in [0.25, 0.3) is 0 Å². The van der Waals surface area contributed by atoms with Gasteiger partial charge in [0.2, 0.25) is 0 Å². The summed E-state index contributed by atoms with van der Waals surface area (Å²) in [6, 6.07) is 21.1. The molecule has 3 aromatic rings. The second kappa shape index (κ2) is 16.4. The number of amides is 1. The van der Waals surface area contributed by atoms with Crippen LogP contribution in [0.2, 0.25) is 0 Å². The summed E-state index contributed by atoms with van der Waals surface area (Å²) in [7, 11) is 0. The van der Waals surface area contributed by atoms with Crippen molar-refractivity contribution >= 4 is 12.1 Å². The fourth-order valence-electron chi connectivity index (χ4n) is 4.25. The summed E-state index contributed by atoms with van der Waals surface area (Å²) in [4.78, 5) is 26.2. The van der Waals surface area contributed by atoms with Gasteiger partial charge in [0.25, 0.3) is 0 Å². The molecule has 1 N–H and O–H groups in total. The number of carboxylic acid groups (broad SMARTS) is 1. The average molecular weight is 564 g/mol. The second-order valence-corrected chi connectivity index (χ2v) is 9.93. The van der Waals surface area contributed by atoms with Crippen LogP contribution < -0.4 is 9.47 Å². The minimum atomic E-state index is -0.986. The molecule has 3 aromatic carbocycles. The Morgan fingerprint density at radius 1 is 0.854 bits per heavy atom. The first kappa shape index (κ1) is 31.6. The van der Waals surface area contributed by atoms with Crippen molar-refractivity contribution < 1.29 is 33.6 Å². The maximum atomic E-state index is 13.2. The molecule has 0 radical (unpaired) electrons. The molecule has 8 heteroatoms. The lowest BCUT2D eigenvalue weighted by Gasteiger charge is -2.23. The Hall–Kier alpha value is -3.88. The maximum Gasteiger partial charge on any atom is 0.415 e. The molecule has 220 valence electrons. The first-order valence-corrected chi connectivity index (χ1v) is 14.0. The molecule has 0 aliphatic heterocycles. The highest BCUT2D eigenvalue weighted by Crippen LogP contribution is 2.23. The zero-order valence-corrected chi connectivity index (χ0v) is 24.4. The minimum absolute atomic E-state index is 0.266. The van der Waals surface area contributed by atoms with Crippen LogP contribution in [0.3, 0.4) is 0 Å². The van der Waals surface area contributed by atoms with E-state index in [9.17, 15) is 14.7 Å². The quantitative estimate of drug-likeness (QED) is 0.210. The molecule has 0 aromatic heterocycles. The molecule has 3 rings (SSSR count). The van der Waals surface area contributed by atoms with E-state index in [1.807, 2.05) is 75.4 Å².